The van der Waals surface area contributed by atoms with Crippen LogP contribution in [0.5, 0.6) is 0 Å². The summed E-state index contributed by atoms with van der Waals surface area (Å²) in [7, 11) is 1.83. The first-order chi connectivity index (χ1) is 10.9. The number of furan rings is 1. The van der Waals surface area contributed by atoms with Gasteiger partial charge in [-0.15, -0.1) is 0 Å². The fraction of sp³-hybridized carbons (Fsp3) is 0.647. The van der Waals surface area contributed by atoms with E-state index in [0.717, 1.165) is 37.0 Å². The molecule has 128 valence electrons. The first-order valence-electron chi connectivity index (χ1n) is 8.23. The van der Waals surface area contributed by atoms with Crippen LogP contribution in [0.25, 0.3) is 0 Å². The number of likely N-dealkylation sites (tertiary alicyclic amines) is 1. The molecule has 1 saturated heterocycles. The summed E-state index contributed by atoms with van der Waals surface area (Å²) in [5, 5.41) is 8.91. The molecule has 2 heterocycles. The molecule has 2 rings (SSSR count). The summed E-state index contributed by atoms with van der Waals surface area (Å²) >= 11 is 0. The van der Waals surface area contributed by atoms with Gasteiger partial charge < -0.3 is 14.4 Å². The molecule has 0 saturated carbocycles. The van der Waals surface area contributed by atoms with Gasteiger partial charge >= 0.3 is 5.97 Å². The molecule has 0 aliphatic carbocycles. The largest absolute Gasteiger partial charge is 0.480 e. The number of carbonyl (C=O) groups is 2. The molecular weight excluding hydrogens is 296 g/mol. The van der Waals surface area contributed by atoms with E-state index in [-0.39, 0.29) is 18.5 Å². The summed E-state index contributed by atoms with van der Waals surface area (Å²) in [6, 6.07) is 2.02. The lowest BCUT2D eigenvalue weighted by molar-refractivity contribution is -0.138. The van der Waals surface area contributed by atoms with Gasteiger partial charge in [0, 0.05) is 25.6 Å². The van der Waals surface area contributed by atoms with Crippen molar-refractivity contribution in [2.75, 3.05) is 26.7 Å². The highest BCUT2D eigenvalue weighted by atomic mass is 16.4. The van der Waals surface area contributed by atoms with E-state index in [1.54, 1.807) is 0 Å². The predicted molar refractivity (Wildman–Crippen MR) is 86.6 cm³/mol. The molecule has 0 spiro atoms. The minimum atomic E-state index is -0.817. The number of likely N-dealkylation sites (N-methyl/N-ethyl adjacent to an activating group) is 1. The topological polar surface area (TPSA) is 74.0 Å². The third-order valence-corrected chi connectivity index (χ3v) is 4.55. The molecule has 1 aliphatic rings. The lowest BCUT2D eigenvalue weighted by atomic mass is 10.1. The molecule has 1 atom stereocenters. The smallest absolute Gasteiger partial charge is 0.317 e. The normalized spacial score (nSPS) is 19.0. The van der Waals surface area contributed by atoms with Crippen LogP contribution < -0.4 is 0 Å². The minimum Gasteiger partial charge on any atom is -0.480 e. The van der Waals surface area contributed by atoms with Crippen LogP contribution in [-0.2, 0) is 11.2 Å². The van der Waals surface area contributed by atoms with Crippen LogP contribution >= 0.6 is 0 Å². The van der Waals surface area contributed by atoms with Crippen LogP contribution in [0.3, 0.4) is 0 Å². The van der Waals surface area contributed by atoms with Gasteiger partial charge in [-0.3, -0.25) is 14.5 Å². The van der Waals surface area contributed by atoms with Crippen molar-refractivity contribution in [1.82, 2.24) is 9.80 Å². The van der Waals surface area contributed by atoms with Gasteiger partial charge in [0.15, 0.2) is 5.76 Å². The molecule has 0 radical (unpaired) electrons. The zero-order valence-electron chi connectivity index (χ0n) is 14.2. The van der Waals surface area contributed by atoms with Crippen LogP contribution in [-0.4, -0.2) is 59.5 Å². The third kappa shape index (κ3) is 4.34. The van der Waals surface area contributed by atoms with E-state index in [4.69, 9.17) is 9.52 Å². The third-order valence-electron chi connectivity index (χ3n) is 4.55. The molecule has 23 heavy (non-hydrogen) atoms. The van der Waals surface area contributed by atoms with Crippen molar-refractivity contribution in [3.63, 3.8) is 0 Å². The summed E-state index contributed by atoms with van der Waals surface area (Å²) in [6.07, 6.45) is 3.35. The van der Waals surface area contributed by atoms with Gasteiger partial charge in [0.05, 0.1) is 6.54 Å². The Hall–Kier alpha value is -1.82. The van der Waals surface area contributed by atoms with Gasteiger partial charge in [-0.2, -0.15) is 0 Å². The SMILES string of the molecule is CCc1oc(C(=O)N2CCCC(N(C)CC(=O)O)CC2)cc1C. The van der Waals surface area contributed by atoms with Crippen LogP contribution in [0.1, 0.15) is 48.1 Å². The number of aryl methyl sites for hydroxylation is 2. The van der Waals surface area contributed by atoms with E-state index in [1.165, 1.54) is 0 Å². The maximum absolute atomic E-state index is 12.6. The fourth-order valence-corrected chi connectivity index (χ4v) is 3.20. The highest BCUT2D eigenvalue weighted by Gasteiger charge is 2.26. The van der Waals surface area contributed by atoms with Crippen molar-refractivity contribution in [2.24, 2.45) is 0 Å². The molecule has 1 fully saturated rings. The highest BCUT2D eigenvalue weighted by molar-refractivity contribution is 5.91. The second kappa shape index (κ2) is 7.64. The Morgan fingerprint density at radius 2 is 2.13 bits per heavy atom. The van der Waals surface area contributed by atoms with E-state index in [0.29, 0.717) is 18.8 Å². The van der Waals surface area contributed by atoms with Crippen LogP contribution in [0.2, 0.25) is 0 Å². The molecule has 1 unspecified atom stereocenters. The molecule has 1 N–H and O–H groups in total. The van der Waals surface area contributed by atoms with Crippen LogP contribution in [0, 0.1) is 6.92 Å². The molecule has 6 heteroatoms. The van der Waals surface area contributed by atoms with Gasteiger partial charge in [-0.1, -0.05) is 6.92 Å². The molecule has 0 aromatic carbocycles. The summed E-state index contributed by atoms with van der Waals surface area (Å²) in [6.45, 7) is 5.33. The Kier molecular flexibility index (Phi) is 5.82. The van der Waals surface area contributed by atoms with Crippen molar-refractivity contribution >= 4 is 11.9 Å². The summed E-state index contributed by atoms with van der Waals surface area (Å²) in [4.78, 5) is 27.1. The van der Waals surface area contributed by atoms with Crippen molar-refractivity contribution in [3.05, 3.63) is 23.2 Å². The molecular formula is C17H26N2O4. The van der Waals surface area contributed by atoms with Gasteiger partial charge in [0.1, 0.15) is 5.76 Å². The molecule has 1 aliphatic heterocycles. The molecule has 6 nitrogen and oxygen atoms in total. The average molecular weight is 322 g/mol. The lowest BCUT2D eigenvalue weighted by Crippen LogP contribution is -2.37. The second-order valence-electron chi connectivity index (χ2n) is 6.26. The number of hydrogen-bond acceptors (Lipinski definition) is 4. The molecule has 0 bridgehead atoms. The number of carboxylic acid groups (broad SMARTS) is 1. The Labute approximate surface area is 137 Å². The monoisotopic (exact) mass is 322 g/mol. The first kappa shape index (κ1) is 17.5. The minimum absolute atomic E-state index is 0.0376. The Morgan fingerprint density at radius 1 is 1.39 bits per heavy atom. The van der Waals surface area contributed by atoms with Gasteiger partial charge in [-0.25, -0.2) is 0 Å². The van der Waals surface area contributed by atoms with E-state index >= 15 is 0 Å². The summed E-state index contributed by atoms with van der Waals surface area (Å²) in [5.74, 6) is 0.399. The maximum atomic E-state index is 12.6. The maximum Gasteiger partial charge on any atom is 0.317 e. The number of carboxylic acids is 1. The van der Waals surface area contributed by atoms with Crippen LogP contribution in [0.15, 0.2) is 10.5 Å². The van der Waals surface area contributed by atoms with Crippen molar-refractivity contribution in [1.29, 1.82) is 0 Å². The predicted octanol–water partition coefficient (Wildman–Crippen LogP) is 2.16. The van der Waals surface area contributed by atoms with Crippen molar-refractivity contribution < 1.29 is 19.1 Å². The highest BCUT2D eigenvalue weighted by Crippen LogP contribution is 2.20. The second-order valence-corrected chi connectivity index (χ2v) is 6.26. The summed E-state index contributed by atoms with van der Waals surface area (Å²) < 4.78 is 5.67. The molecule has 1 aromatic rings. The lowest BCUT2D eigenvalue weighted by Gasteiger charge is -2.25. The number of aliphatic carboxylic acids is 1. The quantitative estimate of drug-likeness (QED) is 0.899. The molecule has 1 amide bonds. The van der Waals surface area contributed by atoms with Crippen molar-refractivity contribution in [2.45, 2.75) is 45.6 Å². The Balaban J connectivity index is 1.99. The summed E-state index contributed by atoms with van der Waals surface area (Å²) in [5.41, 5.74) is 1.02. The van der Waals surface area contributed by atoms with Crippen molar-refractivity contribution in [3.8, 4) is 0 Å². The molecule has 1 aromatic heterocycles. The number of amides is 1. The van der Waals surface area contributed by atoms with E-state index in [9.17, 15) is 9.59 Å². The first-order valence-corrected chi connectivity index (χ1v) is 8.23. The van der Waals surface area contributed by atoms with Gasteiger partial charge in [-0.05, 0) is 44.9 Å². The average Bonchev–Trinajstić information content (AvgIpc) is 2.72. The Bertz CT molecular complexity index is 567. The van der Waals surface area contributed by atoms with Crippen LogP contribution in [0.4, 0.5) is 0 Å². The van der Waals surface area contributed by atoms with E-state index in [1.807, 2.05) is 36.8 Å². The number of hydrogen-bond donors (Lipinski definition) is 1. The van der Waals surface area contributed by atoms with Gasteiger partial charge in [0.25, 0.3) is 5.91 Å². The zero-order valence-corrected chi connectivity index (χ0v) is 14.2. The fourth-order valence-electron chi connectivity index (χ4n) is 3.20. The number of nitrogens with zero attached hydrogens (tertiary/aromatic N) is 2. The van der Waals surface area contributed by atoms with E-state index in [2.05, 4.69) is 0 Å². The number of carbonyl (C=O) groups excluding carboxylic acids is 1. The Morgan fingerprint density at radius 3 is 2.74 bits per heavy atom. The number of rotatable bonds is 5. The zero-order chi connectivity index (χ0) is 17.0. The van der Waals surface area contributed by atoms with Gasteiger partial charge in [0.2, 0.25) is 0 Å². The van der Waals surface area contributed by atoms with E-state index < -0.39 is 5.97 Å². The standard InChI is InChI=1S/C17H26N2O4/c1-4-14-12(2)10-15(23-14)17(22)19-8-5-6-13(7-9-19)18(3)11-16(20)21/h10,13H,4-9,11H2,1-3H3,(H,20,21).